The Bertz CT molecular complexity index is 325. The van der Waals surface area contributed by atoms with Crippen LogP contribution in [0.3, 0.4) is 0 Å². The summed E-state index contributed by atoms with van der Waals surface area (Å²) in [6.45, 7) is 1.99. The van der Waals surface area contributed by atoms with Crippen LogP contribution >= 0.6 is 0 Å². The molecule has 0 spiro atoms. The van der Waals surface area contributed by atoms with Gasteiger partial charge in [0.1, 0.15) is 5.84 Å². The molecule has 0 aromatic carbocycles. The van der Waals surface area contributed by atoms with Crippen LogP contribution in [-0.4, -0.2) is 17.9 Å². The summed E-state index contributed by atoms with van der Waals surface area (Å²) in [5.41, 5.74) is 7.77. The van der Waals surface area contributed by atoms with Gasteiger partial charge < -0.3 is 5.73 Å². The maximum atomic E-state index is 5.57. The van der Waals surface area contributed by atoms with Crippen LogP contribution in [0.1, 0.15) is 12.5 Å². The lowest BCUT2D eigenvalue weighted by molar-refractivity contribution is 1.31. The number of rotatable bonds is 2. The zero-order valence-corrected chi connectivity index (χ0v) is 7.86. The van der Waals surface area contributed by atoms with Gasteiger partial charge in [-0.15, -0.1) is 0 Å². The number of allylic oxidation sites excluding steroid dienone is 1. The number of amidine groups is 1. The lowest BCUT2D eigenvalue weighted by Crippen LogP contribution is -2.07. The number of nitrogens with zero attached hydrogens (tertiary/aromatic N) is 2. The summed E-state index contributed by atoms with van der Waals surface area (Å²) in [6.07, 6.45) is 5.35. The fourth-order valence-corrected chi connectivity index (χ4v) is 0.985. The van der Waals surface area contributed by atoms with E-state index in [-0.39, 0.29) is 0 Å². The van der Waals surface area contributed by atoms with Gasteiger partial charge in [0.05, 0.1) is 0 Å². The van der Waals surface area contributed by atoms with E-state index in [1.54, 1.807) is 19.4 Å². The highest BCUT2D eigenvalue weighted by atomic mass is 14.8. The van der Waals surface area contributed by atoms with E-state index in [0.717, 1.165) is 11.1 Å². The molecule has 0 unspecified atom stereocenters. The summed E-state index contributed by atoms with van der Waals surface area (Å²) >= 11 is 0. The first-order valence-corrected chi connectivity index (χ1v) is 4.05. The summed E-state index contributed by atoms with van der Waals surface area (Å²) in [5, 5.41) is 0. The molecule has 0 atom stereocenters. The molecule has 1 aromatic rings. The average molecular weight is 175 g/mol. The van der Waals surface area contributed by atoms with Crippen LogP contribution in [0.2, 0.25) is 0 Å². The molecule has 68 valence electrons. The number of nitrogens with two attached hydrogens (primary N) is 1. The van der Waals surface area contributed by atoms with Crippen molar-refractivity contribution in [1.82, 2.24) is 4.98 Å². The van der Waals surface area contributed by atoms with Gasteiger partial charge in [0.15, 0.2) is 0 Å². The molecule has 2 N–H and O–H groups in total. The first-order valence-electron chi connectivity index (χ1n) is 4.05. The standard InChI is InChI=1S/C10H13N3/c1-8(7-10(11)12-2)9-3-5-13-6-4-9/h3-7H,1-2H3,(H2,11,12)/b8-7+. The molecule has 3 heteroatoms. The molecule has 0 saturated carbocycles. The zero-order chi connectivity index (χ0) is 9.68. The highest BCUT2D eigenvalue weighted by molar-refractivity contribution is 5.97. The van der Waals surface area contributed by atoms with Crippen molar-refractivity contribution in [2.75, 3.05) is 7.05 Å². The molecule has 0 radical (unpaired) electrons. The summed E-state index contributed by atoms with van der Waals surface area (Å²) in [7, 11) is 1.67. The fraction of sp³-hybridized carbons (Fsp3) is 0.200. The fourth-order valence-electron chi connectivity index (χ4n) is 0.985. The monoisotopic (exact) mass is 175 g/mol. The van der Waals surface area contributed by atoms with Crippen LogP contribution in [0, 0.1) is 0 Å². The predicted molar refractivity (Wildman–Crippen MR) is 55.4 cm³/mol. The lowest BCUT2D eigenvalue weighted by Gasteiger charge is -1.99. The van der Waals surface area contributed by atoms with Gasteiger partial charge in [-0.2, -0.15) is 0 Å². The Morgan fingerprint density at radius 2 is 2.08 bits per heavy atom. The van der Waals surface area contributed by atoms with E-state index in [0.29, 0.717) is 5.84 Å². The Labute approximate surface area is 78.0 Å². The van der Waals surface area contributed by atoms with Gasteiger partial charge in [-0.1, -0.05) is 0 Å². The second-order valence-corrected chi connectivity index (χ2v) is 2.71. The molecule has 1 heterocycles. The quantitative estimate of drug-likeness (QED) is 0.546. The molecule has 1 rings (SSSR count). The summed E-state index contributed by atoms with van der Waals surface area (Å²) in [4.78, 5) is 7.79. The lowest BCUT2D eigenvalue weighted by atomic mass is 10.1. The predicted octanol–water partition coefficient (Wildman–Crippen LogP) is 1.47. The topological polar surface area (TPSA) is 51.3 Å². The van der Waals surface area contributed by atoms with Crippen LogP contribution in [0.4, 0.5) is 0 Å². The summed E-state index contributed by atoms with van der Waals surface area (Å²) in [6, 6.07) is 3.88. The van der Waals surface area contributed by atoms with Crippen molar-refractivity contribution in [1.29, 1.82) is 0 Å². The molecular formula is C10H13N3. The molecule has 13 heavy (non-hydrogen) atoms. The molecule has 1 aromatic heterocycles. The van der Waals surface area contributed by atoms with Crippen LogP contribution in [-0.2, 0) is 0 Å². The largest absolute Gasteiger partial charge is 0.384 e. The minimum Gasteiger partial charge on any atom is -0.384 e. The van der Waals surface area contributed by atoms with E-state index in [2.05, 4.69) is 9.98 Å². The van der Waals surface area contributed by atoms with Gasteiger partial charge in [0.25, 0.3) is 0 Å². The Kier molecular flexibility index (Phi) is 3.20. The number of aromatic nitrogens is 1. The van der Waals surface area contributed by atoms with Crippen molar-refractivity contribution in [3.05, 3.63) is 36.2 Å². The van der Waals surface area contributed by atoms with Crippen molar-refractivity contribution in [2.45, 2.75) is 6.92 Å². The number of aliphatic imine (C=N–C) groups is 1. The normalized spacial score (nSPS) is 13.1. The SMILES string of the molecule is C/N=C(N)\C=C(/C)c1ccncc1. The van der Waals surface area contributed by atoms with Crippen molar-refractivity contribution in [2.24, 2.45) is 10.7 Å². The molecule has 0 amide bonds. The van der Waals surface area contributed by atoms with Gasteiger partial charge >= 0.3 is 0 Å². The maximum Gasteiger partial charge on any atom is 0.118 e. The minimum atomic E-state index is 0.536. The molecule has 0 bridgehead atoms. The van der Waals surface area contributed by atoms with Crippen LogP contribution in [0.25, 0.3) is 5.57 Å². The number of hydrogen-bond donors (Lipinski definition) is 1. The van der Waals surface area contributed by atoms with Crippen molar-refractivity contribution >= 4 is 11.4 Å². The van der Waals surface area contributed by atoms with E-state index < -0.39 is 0 Å². The molecule has 0 fully saturated rings. The highest BCUT2D eigenvalue weighted by Crippen LogP contribution is 2.10. The third-order valence-electron chi connectivity index (χ3n) is 1.76. The van der Waals surface area contributed by atoms with Gasteiger partial charge in [0, 0.05) is 19.4 Å². The summed E-state index contributed by atoms with van der Waals surface area (Å²) < 4.78 is 0. The molecule has 0 saturated heterocycles. The molecule has 0 aliphatic carbocycles. The number of pyridine rings is 1. The van der Waals surface area contributed by atoms with Crippen LogP contribution in [0.5, 0.6) is 0 Å². The Morgan fingerprint density at radius 1 is 1.46 bits per heavy atom. The second kappa shape index (κ2) is 4.40. The van der Waals surface area contributed by atoms with E-state index >= 15 is 0 Å². The Morgan fingerprint density at radius 3 is 2.62 bits per heavy atom. The van der Waals surface area contributed by atoms with E-state index in [9.17, 15) is 0 Å². The second-order valence-electron chi connectivity index (χ2n) is 2.71. The van der Waals surface area contributed by atoms with Crippen molar-refractivity contribution in [3.63, 3.8) is 0 Å². The minimum absolute atomic E-state index is 0.536. The summed E-state index contributed by atoms with van der Waals surface area (Å²) in [5.74, 6) is 0.536. The van der Waals surface area contributed by atoms with Crippen LogP contribution < -0.4 is 5.73 Å². The van der Waals surface area contributed by atoms with Crippen LogP contribution in [0.15, 0.2) is 35.6 Å². The van der Waals surface area contributed by atoms with Gasteiger partial charge in [0.2, 0.25) is 0 Å². The smallest absolute Gasteiger partial charge is 0.118 e. The van der Waals surface area contributed by atoms with E-state index in [1.165, 1.54) is 0 Å². The third kappa shape index (κ3) is 2.71. The van der Waals surface area contributed by atoms with Gasteiger partial charge in [-0.25, -0.2) is 0 Å². The zero-order valence-electron chi connectivity index (χ0n) is 7.86. The van der Waals surface area contributed by atoms with Gasteiger partial charge in [-0.05, 0) is 36.3 Å². The molecular weight excluding hydrogens is 162 g/mol. The first-order chi connectivity index (χ1) is 6.24. The first kappa shape index (κ1) is 9.45. The average Bonchev–Trinajstić information content (AvgIpc) is 2.19. The third-order valence-corrected chi connectivity index (χ3v) is 1.76. The van der Waals surface area contributed by atoms with Crippen molar-refractivity contribution in [3.8, 4) is 0 Å². The maximum absolute atomic E-state index is 5.57. The van der Waals surface area contributed by atoms with E-state index in [4.69, 9.17) is 5.73 Å². The van der Waals surface area contributed by atoms with Gasteiger partial charge in [-0.3, -0.25) is 9.98 Å². The molecule has 3 nitrogen and oxygen atoms in total. The number of hydrogen-bond acceptors (Lipinski definition) is 2. The highest BCUT2D eigenvalue weighted by Gasteiger charge is 1.94. The van der Waals surface area contributed by atoms with E-state index in [1.807, 2.05) is 25.1 Å². The Hall–Kier alpha value is -1.64. The molecule has 0 aliphatic heterocycles. The molecule has 0 aliphatic rings. The Balaban J connectivity index is 2.92. The van der Waals surface area contributed by atoms with Crippen molar-refractivity contribution < 1.29 is 0 Å².